The number of hydrogen-bond acceptors (Lipinski definition) is 1. The van der Waals surface area contributed by atoms with E-state index in [1.807, 2.05) is 32.0 Å². The zero-order valence-electron chi connectivity index (χ0n) is 8.47. The molecule has 74 valence electrons. The van der Waals surface area contributed by atoms with Crippen molar-refractivity contribution in [1.29, 1.82) is 0 Å². The number of benzene rings is 1. The smallest absolute Gasteiger partial charge is 0.0438 e. The molecular weight excluding hydrogens is 194 g/mol. The third-order valence-corrected chi connectivity index (χ3v) is 2.53. The quantitative estimate of drug-likeness (QED) is 0.742. The molecule has 0 saturated heterocycles. The Balaban J connectivity index is 2.83. The first-order chi connectivity index (χ1) is 6.65. The Labute approximate surface area is 90.3 Å². The fourth-order valence-corrected chi connectivity index (χ4v) is 1.36. The lowest BCUT2D eigenvalue weighted by Gasteiger charge is -2.09. The minimum absolute atomic E-state index is 0.0412. The van der Waals surface area contributed by atoms with Crippen molar-refractivity contribution in [3.05, 3.63) is 34.3 Å². The number of rotatable bonds is 2. The van der Waals surface area contributed by atoms with E-state index < -0.39 is 0 Å². The van der Waals surface area contributed by atoms with Crippen molar-refractivity contribution in [1.82, 2.24) is 0 Å². The molecule has 0 spiro atoms. The molecule has 0 saturated carbocycles. The minimum Gasteiger partial charge on any atom is -0.323 e. The van der Waals surface area contributed by atoms with Crippen LogP contribution in [0.2, 0.25) is 5.02 Å². The first-order valence-corrected chi connectivity index (χ1v) is 4.94. The zero-order chi connectivity index (χ0) is 10.6. The molecule has 1 atom stereocenters. The van der Waals surface area contributed by atoms with E-state index in [1.165, 1.54) is 0 Å². The van der Waals surface area contributed by atoms with Crippen molar-refractivity contribution in [2.75, 3.05) is 0 Å². The zero-order valence-corrected chi connectivity index (χ0v) is 9.23. The monoisotopic (exact) mass is 207 g/mol. The highest BCUT2D eigenvalue weighted by Crippen LogP contribution is 2.21. The first kappa shape index (κ1) is 11.1. The Morgan fingerprint density at radius 3 is 2.79 bits per heavy atom. The average molecular weight is 208 g/mol. The van der Waals surface area contributed by atoms with Gasteiger partial charge in [0.25, 0.3) is 0 Å². The van der Waals surface area contributed by atoms with Gasteiger partial charge in [-0.2, -0.15) is 0 Å². The van der Waals surface area contributed by atoms with Gasteiger partial charge >= 0.3 is 0 Å². The van der Waals surface area contributed by atoms with Crippen LogP contribution in [0.4, 0.5) is 0 Å². The lowest BCUT2D eigenvalue weighted by Crippen LogP contribution is -2.09. The fourth-order valence-electron chi connectivity index (χ4n) is 1.17. The molecule has 1 unspecified atom stereocenters. The van der Waals surface area contributed by atoms with Crippen LogP contribution in [0, 0.1) is 18.8 Å². The summed E-state index contributed by atoms with van der Waals surface area (Å²) in [6.45, 7) is 3.79. The van der Waals surface area contributed by atoms with Gasteiger partial charge in [-0.15, -0.1) is 11.8 Å². The molecule has 0 aliphatic carbocycles. The third-order valence-electron chi connectivity index (χ3n) is 2.12. The summed E-state index contributed by atoms with van der Waals surface area (Å²) in [7, 11) is 0. The van der Waals surface area contributed by atoms with Gasteiger partial charge in [-0.05, 0) is 31.0 Å². The molecule has 1 nitrogen and oxygen atoms in total. The van der Waals surface area contributed by atoms with Gasteiger partial charge in [0, 0.05) is 17.5 Å². The molecule has 1 rings (SSSR count). The van der Waals surface area contributed by atoms with E-state index in [0.717, 1.165) is 16.1 Å². The van der Waals surface area contributed by atoms with Gasteiger partial charge in [0.1, 0.15) is 0 Å². The van der Waals surface area contributed by atoms with E-state index >= 15 is 0 Å². The summed E-state index contributed by atoms with van der Waals surface area (Å²) in [6.07, 6.45) is 0.676. The predicted molar refractivity (Wildman–Crippen MR) is 61.2 cm³/mol. The van der Waals surface area contributed by atoms with Crippen molar-refractivity contribution in [2.24, 2.45) is 5.73 Å². The molecule has 0 amide bonds. The predicted octanol–water partition coefficient (Wildman–Crippen LogP) is 3.06. The summed E-state index contributed by atoms with van der Waals surface area (Å²) in [5, 5.41) is 0.766. The largest absolute Gasteiger partial charge is 0.323 e. The van der Waals surface area contributed by atoms with Crippen LogP contribution in [0.15, 0.2) is 18.2 Å². The van der Waals surface area contributed by atoms with Crippen LogP contribution in [-0.2, 0) is 0 Å². The SMILES string of the molecule is CC#CCC(N)c1ccc(C)c(Cl)c1. The van der Waals surface area contributed by atoms with Gasteiger partial charge in [-0.3, -0.25) is 0 Å². The lowest BCUT2D eigenvalue weighted by molar-refractivity contribution is 0.754. The fraction of sp³-hybridized carbons (Fsp3) is 0.333. The molecule has 14 heavy (non-hydrogen) atoms. The van der Waals surface area contributed by atoms with Crippen LogP contribution in [0.5, 0.6) is 0 Å². The lowest BCUT2D eigenvalue weighted by atomic mass is 10.0. The standard InChI is InChI=1S/C12H14ClN/c1-3-4-5-12(14)10-7-6-9(2)11(13)8-10/h6-8,12H,5,14H2,1-2H3. The van der Waals surface area contributed by atoms with E-state index in [2.05, 4.69) is 11.8 Å². The third kappa shape index (κ3) is 2.77. The normalized spacial score (nSPS) is 11.7. The molecular formula is C12H14ClN. The van der Waals surface area contributed by atoms with E-state index in [9.17, 15) is 0 Å². The summed E-state index contributed by atoms with van der Waals surface area (Å²) in [5.41, 5.74) is 8.06. The highest BCUT2D eigenvalue weighted by atomic mass is 35.5. The first-order valence-electron chi connectivity index (χ1n) is 4.56. The number of nitrogens with two attached hydrogens (primary N) is 1. The van der Waals surface area contributed by atoms with E-state index in [1.54, 1.807) is 0 Å². The highest BCUT2D eigenvalue weighted by Gasteiger charge is 2.05. The summed E-state index contributed by atoms with van der Waals surface area (Å²) in [6, 6.07) is 5.86. The second kappa shape index (κ2) is 5.05. The van der Waals surface area contributed by atoms with Gasteiger partial charge in [-0.1, -0.05) is 23.7 Å². The second-order valence-electron chi connectivity index (χ2n) is 3.25. The topological polar surface area (TPSA) is 26.0 Å². The number of aryl methyl sites for hydroxylation is 1. The Kier molecular flexibility index (Phi) is 4.00. The molecule has 0 aromatic heterocycles. The Morgan fingerprint density at radius 2 is 2.21 bits per heavy atom. The van der Waals surface area contributed by atoms with Crippen LogP contribution in [0.25, 0.3) is 0 Å². The van der Waals surface area contributed by atoms with Crippen molar-refractivity contribution >= 4 is 11.6 Å². The highest BCUT2D eigenvalue weighted by molar-refractivity contribution is 6.31. The molecule has 2 N–H and O–H groups in total. The van der Waals surface area contributed by atoms with Gasteiger partial charge in [0.2, 0.25) is 0 Å². The molecule has 1 aromatic rings. The summed E-state index contributed by atoms with van der Waals surface area (Å²) in [4.78, 5) is 0. The molecule has 1 aromatic carbocycles. The average Bonchev–Trinajstić information content (AvgIpc) is 2.18. The van der Waals surface area contributed by atoms with Crippen LogP contribution in [0.3, 0.4) is 0 Å². The van der Waals surface area contributed by atoms with Crippen LogP contribution in [-0.4, -0.2) is 0 Å². The molecule has 2 heteroatoms. The minimum atomic E-state index is -0.0412. The molecule has 0 radical (unpaired) electrons. The van der Waals surface area contributed by atoms with Crippen molar-refractivity contribution in [3.8, 4) is 11.8 Å². The molecule has 0 fully saturated rings. The van der Waals surface area contributed by atoms with Crippen LogP contribution in [0.1, 0.15) is 30.5 Å². The summed E-state index contributed by atoms with van der Waals surface area (Å²) >= 11 is 6.00. The maximum atomic E-state index is 6.00. The van der Waals surface area contributed by atoms with Crippen molar-refractivity contribution < 1.29 is 0 Å². The Bertz CT molecular complexity index is 374. The maximum absolute atomic E-state index is 6.00. The van der Waals surface area contributed by atoms with Gasteiger partial charge in [0.05, 0.1) is 0 Å². The van der Waals surface area contributed by atoms with Gasteiger partial charge in [-0.25, -0.2) is 0 Å². The number of hydrogen-bond donors (Lipinski definition) is 1. The Morgan fingerprint density at radius 1 is 1.50 bits per heavy atom. The molecule has 0 aliphatic rings. The second-order valence-corrected chi connectivity index (χ2v) is 3.65. The van der Waals surface area contributed by atoms with Crippen molar-refractivity contribution in [2.45, 2.75) is 26.3 Å². The van der Waals surface area contributed by atoms with E-state index in [0.29, 0.717) is 6.42 Å². The molecule has 0 aliphatic heterocycles. The van der Waals surface area contributed by atoms with E-state index in [-0.39, 0.29) is 6.04 Å². The molecule has 0 bridgehead atoms. The van der Waals surface area contributed by atoms with Gasteiger partial charge in [0.15, 0.2) is 0 Å². The van der Waals surface area contributed by atoms with Crippen LogP contribution < -0.4 is 5.73 Å². The maximum Gasteiger partial charge on any atom is 0.0438 e. The summed E-state index contributed by atoms with van der Waals surface area (Å²) in [5.74, 6) is 5.79. The molecule has 0 heterocycles. The van der Waals surface area contributed by atoms with E-state index in [4.69, 9.17) is 17.3 Å². The van der Waals surface area contributed by atoms with Crippen molar-refractivity contribution in [3.63, 3.8) is 0 Å². The summed E-state index contributed by atoms with van der Waals surface area (Å²) < 4.78 is 0. The van der Waals surface area contributed by atoms with Crippen LogP contribution >= 0.6 is 11.6 Å². The number of halogens is 1. The Hall–Kier alpha value is -0.970. The van der Waals surface area contributed by atoms with Gasteiger partial charge < -0.3 is 5.73 Å².